The van der Waals surface area contributed by atoms with Crippen LogP contribution in [-0.4, -0.2) is 9.52 Å². The first-order valence-electron chi connectivity index (χ1n) is 10.1. The monoisotopic (exact) mass is 374 g/mol. The quantitative estimate of drug-likeness (QED) is 0.141. The molecule has 0 saturated carbocycles. The molecule has 0 amide bonds. The molecule has 0 aromatic heterocycles. The Morgan fingerprint density at radius 1 is 0.643 bits per heavy atom. The fourth-order valence-electron chi connectivity index (χ4n) is 4.00. The van der Waals surface area contributed by atoms with Crippen molar-refractivity contribution < 1.29 is 0 Å². The summed E-state index contributed by atoms with van der Waals surface area (Å²) in [6.45, 7) is 2.24. The van der Waals surface area contributed by atoms with Crippen molar-refractivity contribution in [2.45, 2.75) is 19.4 Å². The summed E-state index contributed by atoms with van der Waals surface area (Å²) in [6, 6.07) is 30.3. The van der Waals surface area contributed by atoms with Crippen LogP contribution in [0, 0.1) is 11.5 Å². The van der Waals surface area contributed by atoms with Crippen molar-refractivity contribution >= 4 is 52.6 Å². The summed E-state index contributed by atoms with van der Waals surface area (Å²) in [7, 11) is -0.249. The van der Waals surface area contributed by atoms with Gasteiger partial charge in [0.25, 0.3) is 0 Å². The third-order valence-electron chi connectivity index (χ3n) is 5.54. The van der Waals surface area contributed by atoms with E-state index in [9.17, 15) is 0 Å². The predicted octanol–water partition coefficient (Wildman–Crippen LogP) is 6.61. The minimum absolute atomic E-state index is 0.249. The van der Waals surface area contributed by atoms with Gasteiger partial charge in [-0.15, -0.1) is 5.54 Å². The summed E-state index contributed by atoms with van der Waals surface area (Å²) >= 11 is 0. The van der Waals surface area contributed by atoms with Gasteiger partial charge in [-0.05, 0) is 85.6 Å². The number of hydrogen-bond donors (Lipinski definition) is 0. The standard InChI is InChI=1S/C27H22Si/c1-2-11-28-12-10-19-8-5-9-22-15-25-16-23-13-20-6-3-4-7-21(20)14-24(23)17-26(25)18-27(19)22/h3-9,13-18H,2,11,28H2,1H3. The van der Waals surface area contributed by atoms with Crippen molar-refractivity contribution in [3.05, 3.63) is 84.4 Å². The van der Waals surface area contributed by atoms with Crippen LogP contribution < -0.4 is 0 Å². The van der Waals surface area contributed by atoms with E-state index in [1.54, 1.807) is 0 Å². The summed E-state index contributed by atoms with van der Waals surface area (Å²) in [4.78, 5) is 0. The van der Waals surface area contributed by atoms with Gasteiger partial charge in [-0.2, -0.15) is 0 Å². The highest BCUT2D eigenvalue weighted by Gasteiger charge is 2.05. The van der Waals surface area contributed by atoms with Crippen molar-refractivity contribution in [2.24, 2.45) is 0 Å². The minimum Gasteiger partial charge on any atom is -0.134 e. The fraction of sp³-hybridized carbons (Fsp3) is 0.111. The van der Waals surface area contributed by atoms with E-state index in [1.165, 1.54) is 61.1 Å². The molecule has 5 rings (SSSR count). The van der Waals surface area contributed by atoms with Crippen LogP contribution in [0.3, 0.4) is 0 Å². The minimum atomic E-state index is -0.249. The Balaban J connectivity index is 1.72. The van der Waals surface area contributed by atoms with Crippen LogP contribution >= 0.6 is 0 Å². The van der Waals surface area contributed by atoms with Gasteiger partial charge in [-0.25, -0.2) is 0 Å². The SMILES string of the molecule is CCC[SiH2]C#Cc1cccc2cc3cc4cc5ccccc5cc4cc3cc12. The molecular formula is C27H22Si. The van der Waals surface area contributed by atoms with Crippen molar-refractivity contribution in [2.75, 3.05) is 0 Å². The zero-order chi connectivity index (χ0) is 18.9. The molecular weight excluding hydrogens is 352 g/mol. The van der Waals surface area contributed by atoms with Crippen molar-refractivity contribution in [3.8, 4) is 11.5 Å². The summed E-state index contributed by atoms with van der Waals surface area (Å²) < 4.78 is 0. The molecule has 1 heteroatoms. The maximum Gasteiger partial charge on any atom is 0.107 e. The lowest BCUT2D eigenvalue weighted by atomic mass is 9.96. The van der Waals surface area contributed by atoms with Crippen LogP contribution in [0.4, 0.5) is 0 Å². The van der Waals surface area contributed by atoms with E-state index in [0.717, 1.165) is 0 Å². The van der Waals surface area contributed by atoms with Gasteiger partial charge in [-0.1, -0.05) is 61.7 Å². The van der Waals surface area contributed by atoms with Crippen molar-refractivity contribution in [1.82, 2.24) is 0 Å². The smallest absolute Gasteiger partial charge is 0.107 e. The molecule has 5 aromatic rings. The topological polar surface area (TPSA) is 0 Å². The molecule has 0 aliphatic rings. The summed E-state index contributed by atoms with van der Waals surface area (Å²) in [5.41, 5.74) is 4.65. The van der Waals surface area contributed by atoms with Crippen LogP contribution in [0.25, 0.3) is 43.1 Å². The van der Waals surface area contributed by atoms with Crippen LogP contribution in [0.2, 0.25) is 6.04 Å². The molecule has 0 aliphatic heterocycles. The van der Waals surface area contributed by atoms with E-state index >= 15 is 0 Å². The molecule has 0 radical (unpaired) electrons. The highest BCUT2D eigenvalue weighted by atomic mass is 28.2. The van der Waals surface area contributed by atoms with E-state index < -0.39 is 0 Å². The average molecular weight is 375 g/mol. The molecule has 0 nitrogen and oxygen atoms in total. The molecule has 0 saturated heterocycles. The Morgan fingerprint density at radius 3 is 1.89 bits per heavy atom. The average Bonchev–Trinajstić information content (AvgIpc) is 2.72. The second kappa shape index (κ2) is 7.15. The Morgan fingerprint density at radius 2 is 1.21 bits per heavy atom. The first-order chi connectivity index (χ1) is 13.8. The van der Waals surface area contributed by atoms with Gasteiger partial charge in [0.2, 0.25) is 0 Å². The highest BCUT2D eigenvalue weighted by Crippen LogP contribution is 2.31. The zero-order valence-electron chi connectivity index (χ0n) is 16.1. The fourth-order valence-corrected chi connectivity index (χ4v) is 4.85. The normalized spacial score (nSPS) is 11.6. The molecule has 0 N–H and O–H groups in total. The molecule has 0 fully saturated rings. The molecule has 0 atom stereocenters. The predicted molar refractivity (Wildman–Crippen MR) is 127 cm³/mol. The zero-order valence-corrected chi connectivity index (χ0v) is 17.5. The molecule has 0 aliphatic carbocycles. The van der Waals surface area contributed by atoms with Crippen molar-refractivity contribution in [3.63, 3.8) is 0 Å². The molecule has 28 heavy (non-hydrogen) atoms. The van der Waals surface area contributed by atoms with Gasteiger partial charge in [0.1, 0.15) is 9.52 Å². The van der Waals surface area contributed by atoms with Gasteiger partial charge in [0, 0.05) is 5.56 Å². The first-order valence-corrected chi connectivity index (χ1v) is 11.8. The van der Waals surface area contributed by atoms with Crippen LogP contribution in [0.15, 0.2) is 78.9 Å². The van der Waals surface area contributed by atoms with Crippen LogP contribution in [0.5, 0.6) is 0 Å². The Hall–Kier alpha value is -3.08. The van der Waals surface area contributed by atoms with Gasteiger partial charge < -0.3 is 0 Å². The number of benzene rings is 5. The maximum atomic E-state index is 3.48. The first kappa shape index (κ1) is 17.0. The molecule has 0 unspecified atom stereocenters. The third kappa shape index (κ3) is 3.07. The Bertz CT molecular complexity index is 1400. The van der Waals surface area contributed by atoms with E-state index in [4.69, 9.17) is 0 Å². The van der Waals surface area contributed by atoms with Gasteiger partial charge >= 0.3 is 0 Å². The molecule has 0 spiro atoms. The van der Waals surface area contributed by atoms with Crippen LogP contribution in [-0.2, 0) is 0 Å². The Labute approximate surface area is 168 Å². The van der Waals surface area contributed by atoms with E-state index in [-0.39, 0.29) is 9.52 Å². The summed E-state index contributed by atoms with van der Waals surface area (Å²) in [6.07, 6.45) is 1.25. The van der Waals surface area contributed by atoms with Crippen molar-refractivity contribution in [1.29, 1.82) is 0 Å². The Kier molecular flexibility index (Phi) is 4.35. The summed E-state index contributed by atoms with van der Waals surface area (Å²) in [5, 5.41) is 10.3. The molecule has 134 valence electrons. The second-order valence-electron chi connectivity index (χ2n) is 7.53. The number of hydrogen-bond acceptors (Lipinski definition) is 0. The lowest BCUT2D eigenvalue weighted by Gasteiger charge is -2.08. The number of rotatable bonds is 2. The van der Waals surface area contributed by atoms with E-state index in [2.05, 4.69) is 97.3 Å². The lowest BCUT2D eigenvalue weighted by molar-refractivity contribution is 1.08. The van der Waals surface area contributed by atoms with E-state index in [1.807, 2.05) is 0 Å². The largest absolute Gasteiger partial charge is 0.134 e. The lowest BCUT2D eigenvalue weighted by Crippen LogP contribution is -1.85. The highest BCUT2D eigenvalue weighted by molar-refractivity contribution is 6.46. The van der Waals surface area contributed by atoms with Gasteiger partial charge in [0.15, 0.2) is 0 Å². The van der Waals surface area contributed by atoms with Gasteiger partial charge in [0.05, 0.1) is 0 Å². The maximum absolute atomic E-state index is 3.48. The molecule has 0 bridgehead atoms. The van der Waals surface area contributed by atoms with Crippen LogP contribution in [0.1, 0.15) is 18.9 Å². The van der Waals surface area contributed by atoms with Gasteiger partial charge in [-0.3, -0.25) is 0 Å². The number of fused-ring (bicyclic) bond motifs is 4. The summed E-state index contributed by atoms with van der Waals surface area (Å²) in [5.74, 6) is 3.46. The molecule has 0 heterocycles. The van der Waals surface area contributed by atoms with E-state index in [0.29, 0.717) is 0 Å². The second-order valence-corrected chi connectivity index (χ2v) is 9.09. The molecule has 5 aromatic carbocycles. The third-order valence-corrected chi connectivity index (χ3v) is 7.02.